The standard InChI is InChI=1S/C81H72N2O/c1-77(2)62-26-16-11-21-52(62)56-36-31-47(41-66(56)77)82(48-32-37-57-53-22-12-17-27-63(53)78(3,4)67(57)42-48)49-35-40-60-70(43-49)81(9,10)71-46-72(75-61-25-15-20-30-73(61)84-76(75)74(60)71)83(50-33-38-58-54-23-13-18-28-64(54)79(5,6)68(58)44-50)51-34-39-59-55-24-14-19-29-65(55)80(7,8)69(59)45-51/h11,13-16,18-21,23-26,28-46,53,63H,12,17,22,27H2,1-10H3. The van der Waals surface area contributed by atoms with E-state index in [-0.39, 0.29) is 21.7 Å². The van der Waals surface area contributed by atoms with Crippen LogP contribution in [0.5, 0.6) is 0 Å². The molecule has 0 saturated heterocycles. The first-order valence-electron chi connectivity index (χ1n) is 31.1. The lowest BCUT2D eigenvalue weighted by Gasteiger charge is -2.35. The predicted molar refractivity (Wildman–Crippen MR) is 351 cm³/mol. The molecule has 1 heterocycles. The summed E-state index contributed by atoms with van der Waals surface area (Å²) < 4.78 is 7.38. The lowest BCUT2D eigenvalue weighted by Crippen LogP contribution is -2.28. The van der Waals surface area contributed by atoms with Gasteiger partial charge in [0.05, 0.1) is 11.1 Å². The summed E-state index contributed by atoms with van der Waals surface area (Å²) in [5, 5.41) is 2.25. The quantitative estimate of drug-likeness (QED) is 0.165. The van der Waals surface area contributed by atoms with Gasteiger partial charge in [-0.1, -0.05) is 203 Å². The van der Waals surface area contributed by atoms with Crippen LogP contribution >= 0.6 is 0 Å². The summed E-state index contributed by atoms with van der Waals surface area (Å²) in [6.45, 7) is 24.4. The highest BCUT2D eigenvalue weighted by Gasteiger charge is 2.48. The fraction of sp³-hybridized carbons (Fsp3) is 0.259. The lowest BCUT2D eigenvalue weighted by atomic mass is 9.70. The minimum Gasteiger partial charge on any atom is -0.455 e. The Morgan fingerprint density at radius 1 is 0.357 bits per heavy atom. The summed E-state index contributed by atoms with van der Waals surface area (Å²) in [5.74, 6) is 1.32. The molecule has 3 heteroatoms. The minimum absolute atomic E-state index is 0.0940. The highest BCUT2D eigenvalue weighted by atomic mass is 16.3. The van der Waals surface area contributed by atoms with Crippen LogP contribution in [-0.2, 0) is 27.1 Å². The molecular formula is C81H72N2O. The zero-order valence-corrected chi connectivity index (χ0v) is 50.3. The van der Waals surface area contributed by atoms with Crippen molar-refractivity contribution in [1.29, 1.82) is 0 Å². The largest absolute Gasteiger partial charge is 0.455 e. The van der Waals surface area contributed by atoms with Crippen molar-refractivity contribution < 1.29 is 4.42 Å². The summed E-state index contributed by atoms with van der Waals surface area (Å²) >= 11 is 0. The van der Waals surface area contributed by atoms with Gasteiger partial charge in [-0.25, -0.2) is 0 Å². The van der Waals surface area contributed by atoms with Crippen LogP contribution in [0, 0.1) is 5.92 Å². The van der Waals surface area contributed by atoms with Gasteiger partial charge in [0.25, 0.3) is 0 Å². The van der Waals surface area contributed by atoms with Gasteiger partial charge in [0, 0.05) is 61.0 Å². The molecule has 10 aromatic carbocycles. The van der Waals surface area contributed by atoms with Gasteiger partial charge in [0.2, 0.25) is 0 Å². The summed E-state index contributed by atoms with van der Waals surface area (Å²) in [4.78, 5) is 5.16. The number of nitrogens with zero attached hydrogens (tertiary/aromatic N) is 2. The van der Waals surface area contributed by atoms with Crippen LogP contribution in [0.4, 0.5) is 34.1 Å². The first kappa shape index (κ1) is 50.1. The number of furan rings is 1. The maximum atomic E-state index is 7.38. The van der Waals surface area contributed by atoms with Crippen LogP contribution in [-0.4, -0.2) is 0 Å². The van der Waals surface area contributed by atoms with Crippen LogP contribution in [0.3, 0.4) is 0 Å². The first-order chi connectivity index (χ1) is 40.4. The molecule has 0 N–H and O–H groups in total. The van der Waals surface area contributed by atoms with Crippen molar-refractivity contribution in [3.05, 3.63) is 250 Å². The van der Waals surface area contributed by atoms with Gasteiger partial charge in [0.1, 0.15) is 11.2 Å². The molecule has 3 nitrogen and oxygen atoms in total. The number of hydrogen-bond acceptors (Lipinski definition) is 3. The fourth-order valence-electron chi connectivity index (χ4n) is 17.9. The van der Waals surface area contributed by atoms with E-state index in [0.717, 1.165) is 39.0 Å². The van der Waals surface area contributed by atoms with Crippen molar-refractivity contribution in [2.45, 2.75) is 128 Å². The van der Waals surface area contributed by atoms with Crippen molar-refractivity contribution in [2.24, 2.45) is 5.92 Å². The number of fused-ring (bicyclic) bond motifs is 19. The van der Waals surface area contributed by atoms with Crippen LogP contribution in [0.2, 0.25) is 0 Å². The SMILES string of the molecule is CC1(C)c2ccccc2-c2ccc(N(c3ccc4c(c3)C(C)(C)c3cc(N(c5ccc6c(c5)C(C)(C)c5ccccc5-6)c5ccc6c(c5)C(C)(C)c5ccccc5-6)c5c(oc6ccccc65)c3-4)c3ccc4c(c3)C(C)(C)C3CCCCC43)cc21. The lowest BCUT2D eigenvalue weighted by molar-refractivity contribution is 0.233. The van der Waals surface area contributed by atoms with Gasteiger partial charge in [-0.05, 0) is 197 Å². The molecule has 6 aliphatic rings. The highest BCUT2D eigenvalue weighted by Crippen LogP contribution is 2.62. The second-order valence-electron chi connectivity index (χ2n) is 28.3. The van der Waals surface area contributed by atoms with E-state index in [1.165, 1.54) is 137 Å². The third-order valence-corrected chi connectivity index (χ3v) is 22.3. The molecule has 1 fully saturated rings. The van der Waals surface area contributed by atoms with Crippen molar-refractivity contribution in [2.75, 3.05) is 9.80 Å². The number of para-hydroxylation sites is 1. The Labute approximate surface area is 495 Å². The predicted octanol–water partition coefficient (Wildman–Crippen LogP) is 22.3. The normalized spacial score (nSPS) is 19.4. The van der Waals surface area contributed by atoms with E-state index in [1.54, 1.807) is 5.56 Å². The van der Waals surface area contributed by atoms with Crippen LogP contribution in [0.25, 0.3) is 66.4 Å². The summed E-state index contributed by atoms with van der Waals surface area (Å²) in [6.07, 6.45) is 5.27. The summed E-state index contributed by atoms with van der Waals surface area (Å²) in [7, 11) is 0. The maximum absolute atomic E-state index is 7.38. The van der Waals surface area contributed by atoms with E-state index in [4.69, 9.17) is 4.42 Å². The molecule has 1 saturated carbocycles. The van der Waals surface area contributed by atoms with Gasteiger partial charge in [-0.2, -0.15) is 0 Å². The van der Waals surface area contributed by atoms with E-state index in [2.05, 4.69) is 273 Å². The Balaban J connectivity index is 0.878. The van der Waals surface area contributed by atoms with E-state index in [9.17, 15) is 0 Å². The average molecular weight is 1090 g/mol. The van der Waals surface area contributed by atoms with Gasteiger partial charge in [0.15, 0.2) is 0 Å². The Kier molecular flexibility index (Phi) is 10.1. The number of benzene rings is 10. The molecule has 0 aliphatic heterocycles. The van der Waals surface area contributed by atoms with Gasteiger partial charge >= 0.3 is 0 Å². The van der Waals surface area contributed by atoms with Gasteiger partial charge in [-0.3, -0.25) is 0 Å². The average Bonchev–Trinajstić information content (AvgIpc) is 1.59. The molecule has 1 aromatic heterocycles. The Morgan fingerprint density at radius 2 is 0.762 bits per heavy atom. The summed E-state index contributed by atoms with van der Waals surface area (Å²) in [6, 6.07) is 75.0. The van der Waals surface area contributed by atoms with Crippen molar-refractivity contribution >= 4 is 56.1 Å². The van der Waals surface area contributed by atoms with Crippen molar-refractivity contribution in [3.8, 4) is 44.5 Å². The molecule has 2 unspecified atom stereocenters. The zero-order valence-electron chi connectivity index (χ0n) is 50.3. The van der Waals surface area contributed by atoms with E-state index >= 15 is 0 Å². The first-order valence-corrected chi connectivity index (χ1v) is 31.1. The molecule has 0 radical (unpaired) electrons. The monoisotopic (exact) mass is 1090 g/mol. The van der Waals surface area contributed by atoms with Crippen LogP contribution in [0.15, 0.2) is 199 Å². The topological polar surface area (TPSA) is 19.6 Å². The molecule has 2 atom stereocenters. The summed E-state index contributed by atoms with van der Waals surface area (Å²) in [5.41, 5.74) is 32.3. The van der Waals surface area contributed by atoms with E-state index in [1.807, 2.05) is 0 Å². The smallest absolute Gasteiger partial charge is 0.145 e. The highest BCUT2D eigenvalue weighted by molar-refractivity contribution is 6.19. The van der Waals surface area contributed by atoms with Crippen LogP contribution < -0.4 is 9.80 Å². The molecule has 412 valence electrons. The molecule has 0 bridgehead atoms. The molecule has 0 spiro atoms. The second-order valence-corrected chi connectivity index (χ2v) is 28.3. The number of anilines is 6. The van der Waals surface area contributed by atoms with Gasteiger partial charge in [-0.15, -0.1) is 0 Å². The van der Waals surface area contributed by atoms with E-state index in [0.29, 0.717) is 11.8 Å². The van der Waals surface area contributed by atoms with Gasteiger partial charge < -0.3 is 14.2 Å². The fourth-order valence-corrected chi connectivity index (χ4v) is 17.9. The second kappa shape index (κ2) is 16.9. The third-order valence-electron chi connectivity index (χ3n) is 22.3. The molecule has 11 aromatic rings. The number of rotatable bonds is 6. The molecule has 0 amide bonds. The molecule has 17 rings (SSSR count). The van der Waals surface area contributed by atoms with Crippen LogP contribution in [0.1, 0.15) is 156 Å². The van der Waals surface area contributed by atoms with Crippen molar-refractivity contribution in [3.63, 3.8) is 0 Å². The maximum Gasteiger partial charge on any atom is 0.145 e. The van der Waals surface area contributed by atoms with E-state index < -0.39 is 5.41 Å². The Hall–Kier alpha value is -8.40. The zero-order chi connectivity index (χ0) is 57.1. The minimum atomic E-state index is -0.416. The molecule has 6 aliphatic carbocycles. The Bertz CT molecular complexity index is 4580. The van der Waals surface area contributed by atoms with Crippen molar-refractivity contribution in [1.82, 2.24) is 0 Å². The third kappa shape index (κ3) is 6.54. The molecule has 84 heavy (non-hydrogen) atoms. The number of hydrogen-bond donors (Lipinski definition) is 0. The Morgan fingerprint density at radius 3 is 1.30 bits per heavy atom. The molecular weight excluding hydrogens is 1020 g/mol.